The van der Waals surface area contributed by atoms with Gasteiger partial charge >= 0.3 is 0 Å². The predicted molar refractivity (Wildman–Crippen MR) is 93.5 cm³/mol. The second-order valence-electron chi connectivity index (χ2n) is 7.16. The monoisotopic (exact) mass is 329 g/mol. The Labute approximate surface area is 144 Å². The van der Waals surface area contributed by atoms with Crippen LogP contribution in [0.5, 0.6) is 0 Å². The summed E-state index contributed by atoms with van der Waals surface area (Å²) in [5, 5.41) is 2.91. The zero-order chi connectivity index (χ0) is 17.2. The van der Waals surface area contributed by atoms with Crippen LogP contribution >= 0.6 is 0 Å². The summed E-state index contributed by atoms with van der Waals surface area (Å²) < 4.78 is 0. The second-order valence-corrected chi connectivity index (χ2v) is 7.16. The number of carbonyl (C=O) groups excluding carboxylic acids is 2. The Morgan fingerprint density at radius 3 is 2.54 bits per heavy atom. The number of hydrogen-bond acceptors (Lipinski definition) is 3. The summed E-state index contributed by atoms with van der Waals surface area (Å²) in [7, 11) is 3.72. The molecule has 2 heterocycles. The summed E-state index contributed by atoms with van der Waals surface area (Å²) in [6.45, 7) is 1.76. The summed E-state index contributed by atoms with van der Waals surface area (Å²) in [4.78, 5) is 28.7. The van der Waals surface area contributed by atoms with Gasteiger partial charge in [-0.3, -0.25) is 9.59 Å². The Morgan fingerprint density at radius 1 is 1.25 bits per heavy atom. The fraction of sp³-hybridized carbons (Fsp3) is 0.579. The van der Waals surface area contributed by atoms with Crippen LogP contribution in [0, 0.1) is 5.41 Å². The maximum Gasteiger partial charge on any atom is 0.236 e. The van der Waals surface area contributed by atoms with Crippen LogP contribution in [0.25, 0.3) is 0 Å². The number of nitrogens with zero attached hydrogens (tertiary/aromatic N) is 2. The number of likely N-dealkylation sites (N-methyl/N-ethyl adjacent to an activating group) is 2. The van der Waals surface area contributed by atoms with Crippen LogP contribution in [-0.4, -0.2) is 61.4 Å². The lowest BCUT2D eigenvalue weighted by molar-refractivity contribution is -0.141. The van der Waals surface area contributed by atoms with Crippen molar-refractivity contribution in [2.75, 3.05) is 33.7 Å². The molecule has 0 saturated carbocycles. The smallest absolute Gasteiger partial charge is 0.236 e. The van der Waals surface area contributed by atoms with E-state index in [-0.39, 0.29) is 23.3 Å². The van der Waals surface area contributed by atoms with Crippen molar-refractivity contribution in [3.8, 4) is 0 Å². The van der Waals surface area contributed by atoms with Crippen molar-refractivity contribution in [2.24, 2.45) is 5.41 Å². The lowest BCUT2D eigenvalue weighted by Crippen LogP contribution is -2.48. The van der Waals surface area contributed by atoms with Gasteiger partial charge in [0.2, 0.25) is 11.8 Å². The van der Waals surface area contributed by atoms with Gasteiger partial charge in [0.05, 0.1) is 12.0 Å². The largest absolute Gasteiger partial charge is 0.342 e. The SMILES string of the molecule is CNCC(=O)N1CCC2(CC1)CC(Cc1ccccc1)N(C)C2=O. The normalized spacial score (nSPS) is 23.1. The molecule has 2 aliphatic rings. The van der Waals surface area contributed by atoms with Gasteiger partial charge in [0.1, 0.15) is 0 Å². The molecule has 1 unspecified atom stereocenters. The molecule has 1 spiro atoms. The van der Waals surface area contributed by atoms with Gasteiger partial charge in [-0.05, 0) is 38.3 Å². The summed E-state index contributed by atoms with van der Waals surface area (Å²) in [6, 6.07) is 10.6. The van der Waals surface area contributed by atoms with Gasteiger partial charge in [-0.25, -0.2) is 0 Å². The Morgan fingerprint density at radius 2 is 1.92 bits per heavy atom. The van der Waals surface area contributed by atoms with Crippen molar-refractivity contribution >= 4 is 11.8 Å². The predicted octanol–water partition coefficient (Wildman–Crippen LogP) is 1.29. The molecule has 24 heavy (non-hydrogen) atoms. The molecule has 1 aromatic carbocycles. The summed E-state index contributed by atoms with van der Waals surface area (Å²) in [5.74, 6) is 0.399. The molecule has 1 aromatic rings. The van der Waals surface area contributed by atoms with E-state index in [4.69, 9.17) is 0 Å². The summed E-state index contributed by atoms with van der Waals surface area (Å²) in [5.41, 5.74) is 1.02. The number of carbonyl (C=O) groups is 2. The number of nitrogens with one attached hydrogen (secondary N) is 1. The fourth-order valence-electron chi connectivity index (χ4n) is 4.18. The van der Waals surface area contributed by atoms with Gasteiger partial charge in [0, 0.05) is 26.2 Å². The first-order chi connectivity index (χ1) is 11.6. The minimum absolute atomic E-state index is 0.131. The number of hydrogen-bond donors (Lipinski definition) is 1. The van der Waals surface area contributed by atoms with Crippen LogP contribution in [0.1, 0.15) is 24.8 Å². The summed E-state index contributed by atoms with van der Waals surface area (Å²) >= 11 is 0. The number of piperidine rings is 1. The van der Waals surface area contributed by atoms with E-state index in [9.17, 15) is 9.59 Å². The van der Waals surface area contributed by atoms with Gasteiger partial charge in [-0.15, -0.1) is 0 Å². The van der Waals surface area contributed by atoms with Crippen molar-refractivity contribution in [3.05, 3.63) is 35.9 Å². The van der Waals surface area contributed by atoms with Crippen LogP contribution in [0.3, 0.4) is 0 Å². The molecule has 5 nitrogen and oxygen atoms in total. The number of likely N-dealkylation sites (tertiary alicyclic amines) is 2. The lowest BCUT2D eigenvalue weighted by Gasteiger charge is -2.37. The molecule has 2 saturated heterocycles. The molecule has 0 radical (unpaired) electrons. The first-order valence-corrected chi connectivity index (χ1v) is 8.79. The van der Waals surface area contributed by atoms with E-state index in [1.54, 1.807) is 7.05 Å². The van der Waals surface area contributed by atoms with E-state index in [0.29, 0.717) is 19.6 Å². The quantitative estimate of drug-likeness (QED) is 0.906. The molecule has 1 atom stereocenters. The third-order valence-electron chi connectivity index (χ3n) is 5.66. The standard InChI is InChI=1S/C19H27N3O2/c1-20-14-17(23)22-10-8-19(9-11-22)13-16(21(2)18(19)24)12-15-6-4-3-5-7-15/h3-7,16,20H,8-14H2,1-2H3. The molecular formula is C19H27N3O2. The minimum Gasteiger partial charge on any atom is -0.342 e. The Balaban J connectivity index is 1.65. The first kappa shape index (κ1) is 17.0. The molecule has 2 fully saturated rings. The van der Waals surface area contributed by atoms with Gasteiger partial charge in [-0.2, -0.15) is 0 Å². The van der Waals surface area contributed by atoms with Crippen molar-refractivity contribution in [1.82, 2.24) is 15.1 Å². The zero-order valence-electron chi connectivity index (χ0n) is 14.6. The van der Waals surface area contributed by atoms with E-state index in [1.165, 1.54) is 5.56 Å². The van der Waals surface area contributed by atoms with E-state index in [1.807, 2.05) is 35.0 Å². The molecule has 2 aliphatic heterocycles. The average Bonchev–Trinajstić information content (AvgIpc) is 2.82. The topological polar surface area (TPSA) is 52.7 Å². The minimum atomic E-state index is -0.259. The lowest BCUT2D eigenvalue weighted by atomic mass is 9.75. The van der Waals surface area contributed by atoms with Crippen LogP contribution in [0.4, 0.5) is 0 Å². The molecular weight excluding hydrogens is 302 g/mol. The maximum absolute atomic E-state index is 12.9. The molecule has 5 heteroatoms. The molecule has 3 rings (SSSR count). The summed E-state index contributed by atoms with van der Waals surface area (Å²) in [6.07, 6.45) is 3.40. The van der Waals surface area contributed by atoms with Gasteiger partial charge in [0.15, 0.2) is 0 Å². The van der Waals surface area contributed by atoms with Crippen molar-refractivity contribution in [3.63, 3.8) is 0 Å². The molecule has 0 aliphatic carbocycles. The van der Waals surface area contributed by atoms with Crippen molar-refractivity contribution in [2.45, 2.75) is 31.7 Å². The second kappa shape index (κ2) is 6.93. The van der Waals surface area contributed by atoms with Gasteiger partial charge in [-0.1, -0.05) is 30.3 Å². The fourth-order valence-corrected chi connectivity index (χ4v) is 4.18. The molecule has 0 bridgehead atoms. The van der Waals surface area contributed by atoms with E-state index in [0.717, 1.165) is 25.7 Å². The highest BCUT2D eigenvalue weighted by Crippen LogP contribution is 2.44. The van der Waals surface area contributed by atoms with Crippen LogP contribution < -0.4 is 5.32 Å². The highest BCUT2D eigenvalue weighted by Gasteiger charge is 2.51. The number of benzene rings is 1. The third kappa shape index (κ3) is 3.18. The zero-order valence-corrected chi connectivity index (χ0v) is 14.6. The van der Waals surface area contributed by atoms with Crippen molar-refractivity contribution < 1.29 is 9.59 Å². The Hall–Kier alpha value is -1.88. The highest BCUT2D eigenvalue weighted by atomic mass is 16.2. The number of rotatable bonds is 4. The van der Waals surface area contributed by atoms with Gasteiger partial charge < -0.3 is 15.1 Å². The Kier molecular flexibility index (Phi) is 4.90. The molecule has 130 valence electrons. The molecule has 0 aromatic heterocycles. The molecule has 2 amide bonds. The van der Waals surface area contributed by atoms with Crippen LogP contribution in [-0.2, 0) is 16.0 Å². The van der Waals surface area contributed by atoms with Gasteiger partial charge in [0.25, 0.3) is 0 Å². The Bertz CT molecular complexity index is 594. The highest BCUT2D eigenvalue weighted by molar-refractivity contribution is 5.86. The van der Waals surface area contributed by atoms with Crippen molar-refractivity contribution in [1.29, 1.82) is 0 Å². The van der Waals surface area contributed by atoms with E-state index < -0.39 is 0 Å². The van der Waals surface area contributed by atoms with Crippen LogP contribution in [0.15, 0.2) is 30.3 Å². The molecule has 1 N–H and O–H groups in total. The number of amides is 2. The first-order valence-electron chi connectivity index (χ1n) is 8.79. The van der Waals surface area contributed by atoms with Crippen LogP contribution in [0.2, 0.25) is 0 Å². The maximum atomic E-state index is 12.9. The third-order valence-corrected chi connectivity index (χ3v) is 5.66. The average molecular weight is 329 g/mol. The van der Waals surface area contributed by atoms with E-state index in [2.05, 4.69) is 17.4 Å². The van der Waals surface area contributed by atoms with E-state index >= 15 is 0 Å².